The molecule has 0 bridgehead atoms. The third kappa shape index (κ3) is 4.95. The predicted octanol–water partition coefficient (Wildman–Crippen LogP) is 3.31. The molecule has 5 aromatic rings. The van der Waals surface area contributed by atoms with E-state index < -0.39 is 11.2 Å². The Balaban J connectivity index is 1.36. The normalized spacial score (nSPS) is 12.6. The molecule has 2 aromatic carbocycles. The molecule has 10 heteroatoms. The van der Waals surface area contributed by atoms with Crippen molar-refractivity contribution in [3.63, 3.8) is 0 Å². The first-order valence-corrected chi connectivity index (χ1v) is 13.9. The van der Waals surface area contributed by atoms with Crippen LogP contribution in [-0.4, -0.2) is 47.2 Å². The summed E-state index contributed by atoms with van der Waals surface area (Å²) in [4.78, 5) is 57.1. The Morgan fingerprint density at radius 1 is 0.884 bits per heavy atom. The van der Waals surface area contributed by atoms with Gasteiger partial charge in [-0.05, 0) is 47.9 Å². The van der Waals surface area contributed by atoms with Crippen molar-refractivity contribution < 1.29 is 9.59 Å². The number of aromatic nitrogens is 5. The van der Waals surface area contributed by atoms with Gasteiger partial charge in [0.15, 0.2) is 5.65 Å². The number of hydrogen-bond acceptors (Lipinski definition) is 6. The lowest BCUT2D eigenvalue weighted by Crippen LogP contribution is -2.38. The van der Waals surface area contributed by atoms with Crippen LogP contribution in [0.25, 0.3) is 22.3 Å². The molecule has 0 atom stereocenters. The molecule has 10 nitrogen and oxygen atoms in total. The summed E-state index contributed by atoms with van der Waals surface area (Å²) in [5.74, 6) is 5.48. The number of hydrogen-bond donors (Lipinski definition) is 0. The van der Waals surface area contributed by atoms with E-state index in [-0.39, 0.29) is 24.3 Å². The molecular weight excluding hydrogens is 544 g/mol. The van der Waals surface area contributed by atoms with E-state index in [1.165, 1.54) is 7.05 Å². The molecule has 0 spiro atoms. The highest BCUT2D eigenvalue weighted by molar-refractivity contribution is 6.21. The van der Waals surface area contributed by atoms with E-state index in [4.69, 9.17) is 5.10 Å². The van der Waals surface area contributed by atoms with Gasteiger partial charge in [-0.1, -0.05) is 50.0 Å². The number of carbonyl (C=O) groups excluding carboxylic acids is 2. The lowest BCUT2D eigenvalue weighted by atomic mass is 10.1. The summed E-state index contributed by atoms with van der Waals surface area (Å²) in [5.41, 5.74) is 3.21. The standard InChI is InChI=1S/C33H28N6O4/c1-21(2)19-38-29-27(32(42)36(3)33(38)43)28(24-13-15-34-16-14-24)39(35-29)20-23-9-6-8-22(18-23)10-7-17-37-30(40)25-11-4-5-12-26(25)31(37)41/h4-6,8-9,11-16,18,21H,17,19-20H2,1-3H3. The zero-order chi connectivity index (χ0) is 30.2. The maximum absolute atomic E-state index is 13.5. The summed E-state index contributed by atoms with van der Waals surface area (Å²) in [6.45, 7) is 4.70. The van der Waals surface area contributed by atoms with Crippen LogP contribution in [0.3, 0.4) is 0 Å². The van der Waals surface area contributed by atoms with Gasteiger partial charge >= 0.3 is 5.69 Å². The zero-order valence-corrected chi connectivity index (χ0v) is 23.9. The van der Waals surface area contributed by atoms with Crippen LogP contribution in [0.1, 0.15) is 45.7 Å². The second kappa shape index (κ2) is 11.0. The number of rotatable bonds is 6. The minimum absolute atomic E-state index is 0.0238. The van der Waals surface area contributed by atoms with Crippen molar-refractivity contribution >= 4 is 22.8 Å². The van der Waals surface area contributed by atoms with E-state index in [1.54, 1.807) is 45.9 Å². The lowest BCUT2D eigenvalue weighted by Gasteiger charge is -2.11. The molecule has 0 unspecified atom stereocenters. The summed E-state index contributed by atoms with van der Waals surface area (Å²) in [7, 11) is 1.48. The Bertz CT molecular complexity index is 2060. The van der Waals surface area contributed by atoms with E-state index >= 15 is 0 Å². The number of amides is 2. The SMILES string of the molecule is CC(C)Cn1c(=O)n(C)c(=O)c2c(-c3ccncc3)n(Cc3cccc(C#CCN4C(=O)c5ccccc5C4=O)c3)nc21. The van der Waals surface area contributed by atoms with E-state index in [0.29, 0.717) is 46.5 Å². The number of pyridine rings is 1. The van der Waals surface area contributed by atoms with Gasteiger partial charge in [0.2, 0.25) is 0 Å². The smallest absolute Gasteiger partial charge is 0.276 e. The highest BCUT2D eigenvalue weighted by atomic mass is 16.2. The fraction of sp³-hybridized carbons (Fsp3) is 0.212. The van der Waals surface area contributed by atoms with Crippen molar-refractivity contribution in [3.05, 3.63) is 116 Å². The van der Waals surface area contributed by atoms with Gasteiger partial charge in [-0.15, -0.1) is 0 Å². The Kier molecular flexibility index (Phi) is 7.08. The lowest BCUT2D eigenvalue weighted by molar-refractivity contribution is 0.0675. The van der Waals surface area contributed by atoms with Crippen LogP contribution >= 0.6 is 0 Å². The summed E-state index contributed by atoms with van der Waals surface area (Å²) in [6.07, 6.45) is 3.30. The number of carbonyl (C=O) groups is 2. The second-order valence-corrected chi connectivity index (χ2v) is 10.8. The second-order valence-electron chi connectivity index (χ2n) is 10.8. The highest BCUT2D eigenvalue weighted by Gasteiger charge is 2.34. The quantitative estimate of drug-likeness (QED) is 0.228. The van der Waals surface area contributed by atoms with Gasteiger partial charge in [0, 0.05) is 37.1 Å². The summed E-state index contributed by atoms with van der Waals surface area (Å²) in [5, 5.41) is 5.18. The Hall–Kier alpha value is -5.56. The number of fused-ring (bicyclic) bond motifs is 2. The maximum Gasteiger partial charge on any atom is 0.332 e. The van der Waals surface area contributed by atoms with Crippen LogP contribution in [0.15, 0.2) is 82.6 Å². The molecule has 1 aliphatic heterocycles. The molecule has 0 N–H and O–H groups in total. The Morgan fingerprint density at radius 2 is 1.58 bits per heavy atom. The molecule has 43 heavy (non-hydrogen) atoms. The van der Waals surface area contributed by atoms with Crippen molar-refractivity contribution in [2.24, 2.45) is 13.0 Å². The first-order valence-electron chi connectivity index (χ1n) is 13.9. The van der Waals surface area contributed by atoms with Crippen LogP contribution in [0.2, 0.25) is 0 Å². The van der Waals surface area contributed by atoms with Crippen molar-refractivity contribution in [2.45, 2.75) is 26.9 Å². The Labute approximate surface area is 246 Å². The molecule has 0 fully saturated rings. The van der Waals surface area contributed by atoms with Crippen LogP contribution in [0, 0.1) is 17.8 Å². The van der Waals surface area contributed by atoms with Crippen molar-refractivity contribution in [1.29, 1.82) is 0 Å². The van der Waals surface area contributed by atoms with Gasteiger partial charge in [0.25, 0.3) is 17.4 Å². The average molecular weight is 573 g/mol. The van der Waals surface area contributed by atoms with Gasteiger partial charge in [-0.2, -0.15) is 5.10 Å². The van der Waals surface area contributed by atoms with Gasteiger partial charge in [0.1, 0.15) is 5.39 Å². The van der Waals surface area contributed by atoms with E-state index in [2.05, 4.69) is 16.8 Å². The largest absolute Gasteiger partial charge is 0.332 e. The van der Waals surface area contributed by atoms with Crippen LogP contribution in [0.5, 0.6) is 0 Å². The molecule has 1 aliphatic rings. The molecule has 0 aliphatic carbocycles. The van der Waals surface area contributed by atoms with Crippen molar-refractivity contribution in [3.8, 4) is 23.1 Å². The number of nitrogens with zero attached hydrogens (tertiary/aromatic N) is 6. The minimum atomic E-state index is -0.411. The molecule has 2 amide bonds. The molecule has 0 radical (unpaired) electrons. The average Bonchev–Trinajstić information content (AvgIpc) is 3.50. The van der Waals surface area contributed by atoms with E-state index in [0.717, 1.165) is 20.6 Å². The van der Waals surface area contributed by atoms with Gasteiger partial charge in [-0.3, -0.25) is 38.1 Å². The maximum atomic E-state index is 13.5. The third-order valence-electron chi connectivity index (χ3n) is 7.33. The number of benzene rings is 2. The molecule has 4 heterocycles. The monoisotopic (exact) mass is 572 g/mol. The first kappa shape index (κ1) is 27.6. The summed E-state index contributed by atoms with van der Waals surface area (Å²) < 4.78 is 4.43. The molecule has 3 aromatic heterocycles. The van der Waals surface area contributed by atoms with E-state index in [1.807, 2.05) is 50.2 Å². The first-order chi connectivity index (χ1) is 20.7. The topological polar surface area (TPSA) is 112 Å². The predicted molar refractivity (Wildman–Crippen MR) is 162 cm³/mol. The van der Waals surface area contributed by atoms with Crippen molar-refractivity contribution in [1.82, 2.24) is 28.8 Å². The fourth-order valence-electron chi connectivity index (χ4n) is 5.33. The minimum Gasteiger partial charge on any atom is -0.276 e. The third-order valence-corrected chi connectivity index (χ3v) is 7.33. The number of imide groups is 1. The zero-order valence-electron chi connectivity index (χ0n) is 23.9. The molecule has 0 saturated carbocycles. The van der Waals surface area contributed by atoms with E-state index in [9.17, 15) is 19.2 Å². The van der Waals surface area contributed by atoms with Crippen LogP contribution < -0.4 is 11.2 Å². The molecule has 214 valence electrons. The van der Waals surface area contributed by atoms with Crippen LogP contribution in [-0.2, 0) is 20.1 Å². The van der Waals surface area contributed by atoms with Crippen LogP contribution in [0.4, 0.5) is 0 Å². The summed E-state index contributed by atoms with van der Waals surface area (Å²) in [6, 6.07) is 17.9. The van der Waals surface area contributed by atoms with Crippen molar-refractivity contribution in [2.75, 3.05) is 6.54 Å². The summed E-state index contributed by atoms with van der Waals surface area (Å²) >= 11 is 0. The molecule has 0 saturated heterocycles. The molecule has 6 rings (SSSR count). The fourth-order valence-corrected chi connectivity index (χ4v) is 5.33. The highest BCUT2D eigenvalue weighted by Crippen LogP contribution is 2.27. The van der Waals surface area contributed by atoms with Gasteiger partial charge in [0.05, 0.1) is 29.9 Å². The molecular formula is C33H28N6O4. The van der Waals surface area contributed by atoms with Gasteiger partial charge in [-0.25, -0.2) is 4.79 Å². The Morgan fingerprint density at radius 3 is 2.26 bits per heavy atom. The van der Waals surface area contributed by atoms with Gasteiger partial charge < -0.3 is 0 Å².